The summed E-state index contributed by atoms with van der Waals surface area (Å²) in [6.07, 6.45) is 0. The average Bonchev–Trinajstić information content (AvgIpc) is 3.15. The van der Waals surface area contributed by atoms with E-state index in [9.17, 15) is 8.42 Å². The SMILES string of the molecule is CC1C2CNCC2CN1S(=O)(=O)c1cccc2nsnc12. The van der Waals surface area contributed by atoms with Crippen LogP contribution in [0.15, 0.2) is 23.1 Å². The highest BCUT2D eigenvalue weighted by atomic mass is 32.2. The largest absolute Gasteiger partial charge is 0.316 e. The number of fused-ring (bicyclic) bond motifs is 2. The minimum atomic E-state index is -3.52. The van der Waals surface area contributed by atoms with Crippen LogP contribution in [0.3, 0.4) is 0 Å². The van der Waals surface area contributed by atoms with Crippen molar-refractivity contribution in [2.45, 2.75) is 17.9 Å². The third kappa shape index (κ3) is 1.93. The second-order valence-electron chi connectivity index (χ2n) is 5.79. The smallest absolute Gasteiger partial charge is 0.245 e. The minimum absolute atomic E-state index is 0.0249. The van der Waals surface area contributed by atoms with Crippen molar-refractivity contribution < 1.29 is 8.42 Å². The van der Waals surface area contributed by atoms with Gasteiger partial charge in [0.05, 0.1) is 11.7 Å². The first kappa shape index (κ1) is 13.6. The summed E-state index contributed by atoms with van der Waals surface area (Å²) in [5, 5.41) is 3.35. The molecule has 2 aliphatic heterocycles. The molecular formula is C13H16N4O2S2. The molecule has 0 bridgehead atoms. The van der Waals surface area contributed by atoms with E-state index in [4.69, 9.17) is 0 Å². The maximum absolute atomic E-state index is 13.0. The van der Waals surface area contributed by atoms with Crippen LogP contribution in [0.5, 0.6) is 0 Å². The number of sulfonamides is 1. The Bertz CT molecular complexity index is 788. The Morgan fingerprint density at radius 2 is 2.19 bits per heavy atom. The van der Waals surface area contributed by atoms with Crippen molar-refractivity contribution in [3.8, 4) is 0 Å². The van der Waals surface area contributed by atoms with Crippen molar-refractivity contribution in [1.82, 2.24) is 18.4 Å². The molecule has 21 heavy (non-hydrogen) atoms. The summed E-state index contributed by atoms with van der Waals surface area (Å²) in [4.78, 5) is 0.286. The number of nitrogens with one attached hydrogen (secondary N) is 1. The van der Waals surface area contributed by atoms with Crippen LogP contribution in [0.1, 0.15) is 6.92 Å². The molecule has 2 aromatic rings. The van der Waals surface area contributed by atoms with E-state index >= 15 is 0 Å². The maximum atomic E-state index is 13.0. The van der Waals surface area contributed by atoms with Crippen molar-refractivity contribution in [1.29, 1.82) is 0 Å². The van der Waals surface area contributed by atoms with Gasteiger partial charge >= 0.3 is 0 Å². The molecule has 1 N–H and O–H groups in total. The molecule has 2 saturated heterocycles. The molecule has 0 radical (unpaired) electrons. The van der Waals surface area contributed by atoms with Crippen LogP contribution >= 0.6 is 11.7 Å². The lowest BCUT2D eigenvalue weighted by molar-refractivity contribution is 0.360. The van der Waals surface area contributed by atoms with Gasteiger partial charge in [0.1, 0.15) is 15.9 Å². The van der Waals surface area contributed by atoms with Crippen LogP contribution in [0, 0.1) is 11.8 Å². The summed E-state index contributed by atoms with van der Waals surface area (Å²) in [5.74, 6) is 0.829. The fraction of sp³-hybridized carbons (Fsp3) is 0.538. The Balaban J connectivity index is 1.79. The molecule has 3 atom stereocenters. The molecule has 3 heterocycles. The monoisotopic (exact) mass is 324 g/mol. The average molecular weight is 324 g/mol. The number of rotatable bonds is 2. The van der Waals surface area contributed by atoms with Gasteiger partial charge in [0, 0.05) is 12.6 Å². The predicted molar refractivity (Wildman–Crippen MR) is 80.6 cm³/mol. The lowest BCUT2D eigenvalue weighted by Crippen LogP contribution is -2.38. The van der Waals surface area contributed by atoms with Crippen LogP contribution in [0.25, 0.3) is 11.0 Å². The summed E-state index contributed by atoms with van der Waals surface area (Å²) >= 11 is 1.05. The second kappa shape index (κ2) is 4.70. The summed E-state index contributed by atoms with van der Waals surface area (Å²) in [5.41, 5.74) is 1.14. The Hall–Kier alpha value is -1.09. The maximum Gasteiger partial charge on any atom is 0.245 e. The molecule has 0 amide bonds. The lowest BCUT2D eigenvalue weighted by atomic mass is 9.95. The number of aromatic nitrogens is 2. The van der Waals surface area contributed by atoms with Gasteiger partial charge in [-0.05, 0) is 44.0 Å². The first-order chi connectivity index (χ1) is 10.1. The minimum Gasteiger partial charge on any atom is -0.316 e. The second-order valence-corrected chi connectivity index (χ2v) is 8.17. The standard InChI is InChI=1S/C13H16N4O2S2/c1-8-10-6-14-5-9(10)7-17(8)21(18,19)12-4-2-3-11-13(12)16-20-15-11/h2-4,8-10,14H,5-7H2,1H3. The lowest BCUT2D eigenvalue weighted by Gasteiger charge is -2.23. The summed E-state index contributed by atoms with van der Waals surface area (Å²) < 4.78 is 36.0. The van der Waals surface area contributed by atoms with Gasteiger partial charge < -0.3 is 5.32 Å². The fourth-order valence-corrected chi connectivity index (χ4v) is 6.05. The third-order valence-electron chi connectivity index (χ3n) is 4.72. The highest BCUT2D eigenvalue weighted by Gasteiger charge is 2.47. The van der Waals surface area contributed by atoms with Crippen LogP contribution in [-0.2, 0) is 10.0 Å². The third-order valence-corrected chi connectivity index (χ3v) is 7.24. The molecule has 0 spiro atoms. The summed E-state index contributed by atoms with van der Waals surface area (Å²) in [6.45, 7) is 4.41. The Morgan fingerprint density at radius 3 is 3.00 bits per heavy atom. The molecule has 0 saturated carbocycles. The number of nitrogens with zero attached hydrogens (tertiary/aromatic N) is 3. The Labute approximate surface area is 127 Å². The predicted octanol–water partition coefficient (Wildman–Crippen LogP) is 0.920. The van der Waals surface area contributed by atoms with Gasteiger partial charge in [0.25, 0.3) is 0 Å². The van der Waals surface area contributed by atoms with Gasteiger partial charge in [0.2, 0.25) is 10.0 Å². The van der Waals surface area contributed by atoms with Crippen molar-refractivity contribution in [2.75, 3.05) is 19.6 Å². The van der Waals surface area contributed by atoms with E-state index in [1.807, 2.05) is 6.92 Å². The zero-order chi connectivity index (χ0) is 14.6. The van der Waals surface area contributed by atoms with E-state index < -0.39 is 10.0 Å². The molecule has 8 heteroatoms. The molecule has 112 valence electrons. The molecule has 2 aliphatic rings. The van der Waals surface area contributed by atoms with Gasteiger partial charge in [-0.1, -0.05) is 6.07 Å². The van der Waals surface area contributed by atoms with Crippen LogP contribution in [0.2, 0.25) is 0 Å². The van der Waals surface area contributed by atoms with Crippen LogP contribution < -0.4 is 5.32 Å². The Morgan fingerprint density at radius 1 is 1.33 bits per heavy atom. The zero-order valence-electron chi connectivity index (χ0n) is 11.6. The van der Waals surface area contributed by atoms with Gasteiger partial charge in [-0.3, -0.25) is 0 Å². The summed E-state index contributed by atoms with van der Waals surface area (Å²) in [6, 6.07) is 5.19. The molecule has 1 aromatic carbocycles. The number of benzene rings is 1. The van der Waals surface area contributed by atoms with Gasteiger partial charge in [-0.25, -0.2) is 8.42 Å². The van der Waals surface area contributed by atoms with E-state index in [2.05, 4.69) is 14.1 Å². The number of hydrogen-bond donors (Lipinski definition) is 1. The van der Waals surface area contributed by atoms with Gasteiger partial charge in [-0.2, -0.15) is 13.1 Å². The van der Waals surface area contributed by atoms with Gasteiger partial charge in [0.15, 0.2) is 0 Å². The van der Waals surface area contributed by atoms with Crippen LogP contribution in [0.4, 0.5) is 0 Å². The van der Waals surface area contributed by atoms with E-state index in [0.29, 0.717) is 29.4 Å². The first-order valence-electron chi connectivity index (χ1n) is 7.03. The molecule has 0 aliphatic carbocycles. The first-order valence-corrected chi connectivity index (χ1v) is 9.20. The topological polar surface area (TPSA) is 75.2 Å². The normalized spacial score (nSPS) is 30.0. The molecule has 4 rings (SSSR count). The molecule has 3 unspecified atom stereocenters. The quantitative estimate of drug-likeness (QED) is 0.889. The Kier molecular flexibility index (Phi) is 3.04. The van der Waals surface area contributed by atoms with Crippen molar-refractivity contribution in [2.24, 2.45) is 11.8 Å². The molecule has 6 nitrogen and oxygen atoms in total. The summed E-state index contributed by atoms with van der Waals surface area (Å²) in [7, 11) is -3.52. The van der Waals surface area contributed by atoms with E-state index in [0.717, 1.165) is 24.8 Å². The van der Waals surface area contributed by atoms with E-state index in [1.165, 1.54) is 0 Å². The fourth-order valence-electron chi connectivity index (χ4n) is 3.56. The van der Waals surface area contributed by atoms with Crippen LogP contribution in [-0.4, -0.2) is 47.1 Å². The zero-order valence-corrected chi connectivity index (χ0v) is 13.2. The van der Waals surface area contributed by atoms with E-state index in [1.54, 1.807) is 22.5 Å². The number of hydrogen-bond acceptors (Lipinski definition) is 6. The highest BCUT2D eigenvalue weighted by molar-refractivity contribution is 7.89. The van der Waals surface area contributed by atoms with E-state index in [-0.39, 0.29) is 10.9 Å². The van der Waals surface area contributed by atoms with Crippen molar-refractivity contribution >= 4 is 32.8 Å². The van der Waals surface area contributed by atoms with Gasteiger partial charge in [-0.15, -0.1) is 0 Å². The highest BCUT2D eigenvalue weighted by Crippen LogP contribution is 2.37. The molecule has 1 aromatic heterocycles. The molecule has 2 fully saturated rings. The van der Waals surface area contributed by atoms with Crippen molar-refractivity contribution in [3.05, 3.63) is 18.2 Å². The molecular weight excluding hydrogens is 308 g/mol. The van der Waals surface area contributed by atoms with Crippen molar-refractivity contribution in [3.63, 3.8) is 0 Å².